The van der Waals surface area contributed by atoms with Crippen molar-refractivity contribution in [3.8, 4) is 17.2 Å². The van der Waals surface area contributed by atoms with Gasteiger partial charge in [0.25, 0.3) is 0 Å². The minimum absolute atomic E-state index is 0.0942. The average Bonchev–Trinajstić information content (AvgIpc) is 2.58. The maximum absolute atomic E-state index is 12.9. The Kier molecular flexibility index (Phi) is 3.22. The molecule has 0 unspecified atom stereocenters. The monoisotopic (exact) mass is 356 g/mol. The topological polar surface area (TPSA) is 135 Å². The number of hydrogen-bond acceptors (Lipinski definition) is 7. The van der Waals surface area contributed by atoms with Crippen molar-refractivity contribution in [1.82, 2.24) is 0 Å². The van der Waals surface area contributed by atoms with Crippen molar-refractivity contribution < 1.29 is 35.1 Å². The molecule has 0 saturated carbocycles. The molecule has 0 saturated heterocycles. The largest absolute Gasteiger partial charge is 0.507 e. The van der Waals surface area contributed by atoms with Gasteiger partial charge in [-0.25, -0.2) is 0 Å². The van der Waals surface area contributed by atoms with Crippen molar-refractivity contribution in [2.75, 3.05) is 0 Å². The Morgan fingerprint density at radius 2 is 1.65 bits per heavy atom. The molecule has 0 amide bonds. The zero-order valence-electron chi connectivity index (χ0n) is 13.8. The van der Waals surface area contributed by atoms with Gasteiger partial charge >= 0.3 is 0 Å². The zero-order valence-corrected chi connectivity index (χ0v) is 13.8. The first-order chi connectivity index (χ1) is 12.2. The van der Waals surface area contributed by atoms with Crippen LogP contribution in [-0.4, -0.2) is 42.7 Å². The van der Waals surface area contributed by atoms with Gasteiger partial charge < -0.3 is 25.5 Å². The summed E-state index contributed by atoms with van der Waals surface area (Å²) in [6.07, 6.45) is -1.34. The van der Waals surface area contributed by atoms with E-state index in [-0.39, 0.29) is 35.1 Å². The predicted octanol–water partition coefficient (Wildman–Crippen LogP) is 1.31. The van der Waals surface area contributed by atoms with Crippen molar-refractivity contribution >= 4 is 11.6 Å². The number of aliphatic hydroxyl groups is 2. The van der Waals surface area contributed by atoms with Gasteiger partial charge in [0.05, 0.1) is 22.3 Å². The smallest absolute Gasteiger partial charge is 0.202 e. The molecule has 0 radical (unpaired) electrons. The van der Waals surface area contributed by atoms with Gasteiger partial charge in [-0.2, -0.15) is 0 Å². The Labute approximate surface area is 147 Å². The number of rotatable bonds is 0. The van der Waals surface area contributed by atoms with Crippen LogP contribution in [0.1, 0.15) is 62.4 Å². The van der Waals surface area contributed by atoms with Crippen molar-refractivity contribution in [2.24, 2.45) is 0 Å². The summed E-state index contributed by atoms with van der Waals surface area (Å²) >= 11 is 0. The van der Waals surface area contributed by atoms with Crippen LogP contribution in [0.2, 0.25) is 0 Å². The van der Waals surface area contributed by atoms with E-state index >= 15 is 0 Å². The minimum Gasteiger partial charge on any atom is -0.507 e. The molecule has 0 fully saturated rings. The summed E-state index contributed by atoms with van der Waals surface area (Å²) < 4.78 is 0. The maximum Gasteiger partial charge on any atom is 0.202 e. The summed E-state index contributed by atoms with van der Waals surface area (Å²) in [5.74, 6) is -3.08. The first kappa shape index (κ1) is 16.6. The van der Waals surface area contributed by atoms with Gasteiger partial charge in [-0.1, -0.05) is 12.1 Å². The van der Waals surface area contributed by atoms with E-state index < -0.39 is 51.6 Å². The summed E-state index contributed by atoms with van der Waals surface area (Å²) in [7, 11) is 0. The van der Waals surface area contributed by atoms with E-state index in [2.05, 4.69) is 0 Å². The fraction of sp³-hybridized carbons (Fsp3) is 0.263. The van der Waals surface area contributed by atoms with Crippen LogP contribution in [0.5, 0.6) is 17.2 Å². The third kappa shape index (κ3) is 1.89. The fourth-order valence-corrected chi connectivity index (χ4v) is 3.84. The van der Waals surface area contributed by atoms with E-state index in [4.69, 9.17) is 0 Å². The summed E-state index contributed by atoms with van der Waals surface area (Å²) in [4.78, 5) is 25.7. The third-order valence-corrected chi connectivity index (χ3v) is 5.30. The number of fused-ring (bicyclic) bond motifs is 3. The Morgan fingerprint density at radius 1 is 1.00 bits per heavy atom. The molecule has 4 rings (SSSR count). The van der Waals surface area contributed by atoms with Gasteiger partial charge in [0.15, 0.2) is 5.78 Å². The van der Waals surface area contributed by atoms with E-state index in [0.717, 1.165) is 0 Å². The van der Waals surface area contributed by atoms with E-state index in [1.165, 1.54) is 25.1 Å². The predicted molar refractivity (Wildman–Crippen MR) is 88.6 cm³/mol. The molecular weight excluding hydrogens is 340 g/mol. The molecule has 7 heteroatoms. The third-order valence-electron chi connectivity index (χ3n) is 5.30. The molecule has 0 aliphatic heterocycles. The van der Waals surface area contributed by atoms with Crippen molar-refractivity contribution in [2.45, 2.75) is 31.5 Å². The highest BCUT2D eigenvalue weighted by Crippen LogP contribution is 2.51. The lowest BCUT2D eigenvalue weighted by Crippen LogP contribution is -2.38. The second-order valence-corrected chi connectivity index (χ2v) is 6.96. The van der Waals surface area contributed by atoms with Crippen molar-refractivity contribution in [1.29, 1.82) is 0 Å². The lowest BCUT2D eigenvalue weighted by Gasteiger charge is -2.37. The second kappa shape index (κ2) is 5.06. The van der Waals surface area contributed by atoms with Crippen LogP contribution >= 0.6 is 0 Å². The molecule has 5 N–H and O–H groups in total. The standard InChI is InChI=1S/C19H16O7/c1-19(26)6-5-8-11(18(19)25)17(24)13-12(15(8)22)16(23)10-7(14(13)21)3-2-4-9(10)20/h2-4,18,20,22,24-26H,5-6H2,1H3/t18-,19-/m1/s1. The van der Waals surface area contributed by atoms with E-state index in [0.29, 0.717) is 0 Å². The Morgan fingerprint density at radius 3 is 2.35 bits per heavy atom. The zero-order chi connectivity index (χ0) is 19.0. The highest BCUT2D eigenvalue weighted by Gasteiger charge is 2.45. The van der Waals surface area contributed by atoms with Gasteiger partial charge in [0.1, 0.15) is 23.4 Å². The van der Waals surface area contributed by atoms with Gasteiger partial charge in [-0.15, -0.1) is 0 Å². The molecule has 134 valence electrons. The van der Waals surface area contributed by atoms with Crippen molar-refractivity contribution in [3.63, 3.8) is 0 Å². The molecule has 26 heavy (non-hydrogen) atoms. The minimum atomic E-state index is -1.55. The first-order valence-electron chi connectivity index (χ1n) is 8.09. The van der Waals surface area contributed by atoms with Gasteiger partial charge in [-0.3, -0.25) is 9.59 Å². The number of carbonyl (C=O) groups is 2. The van der Waals surface area contributed by atoms with Gasteiger partial charge in [0, 0.05) is 16.7 Å². The van der Waals surface area contributed by atoms with Crippen LogP contribution in [0, 0.1) is 0 Å². The van der Waals surface area contributed by atoms with Crippen LogP contribution in [-0.2, 0) is 6.42 Å². The SMILES string of the molecule is C[C@@]1(O)CCc2c(O)c3c(c(O)c2[C@H]1O)C(=O)c1cccc(O)c1C3=O. The molecule has 0 bridgehead atoms. The summed E-state index contributed by atoms with van der Waals surface area (Å²) in [6, 6.07) is 3.98. The summed E-state index contributed by atoms with van der Waals surface area (Å²) in [5, 5.41) is 52.0. The number of aromatic hydroxyl groups is 3. The molecule has 2 atom stereocenters. The highest BCUT2D eigenvalue weighted by molar-refractivity contribution is 6.31. The number of hydrogen-bond donors (Lipinski definition) is 5. The van der Waals surface area contributed by atoms with E-state index in [1.807, 2.05) is 0 Å². The fourth-order valence-electron chi connectivity index (χ4n) is 3.84. The number of ketones is 2. The molecule has 7 nitrogen and oxygen atoms in total. The molecule has 0 spiro atoms. The number of benzene rings is 2. The Hall–Kier alpha value is -2.90. The molecule has 0 aromatic heterocycles. The molecule has 2 aliphatic carbocycles. The quantitative estimate of drug-likeness (QED) is 0.383. The first-order valence-corrected chi connectivity index (χ1v) is 8.09. The normalized spacial score (nSPS) is 24.0. The molecular formula is C19H16O7. The second-order valence-electron chi connectivity index (χ2n) is 6.96. The maximum atomic E-state index is 12.9. The van der Waals surface area contributed by atoms with Crippen LogP contribution < -0.4 is 0 Å². The Bertz CT molecular complexity index is 1000. The number of phenolic OH excluding ortho intramolecular Hbond substituents is 3. The number of aliphatic hydroxyl groups excluding tert-OH is 1. The highest BCUT2D eigenvalue weighted by atomic mass is 16.3. The van der Waals surface area contributed by atoms with Crippen LogP contribution in [0.25, 0.3) is 0 Å². The molecule has 0 heterocycles. The van der Waals surface area contributed by atoms with Gasteiger partial charge in [0.2, 0.25) is 5.78 Å². The van der Waals surface area contributed by atoms with E-state index in [9.17, 15) is 35.1 Å². The van der Waals surface area contributed by atoms with Crippen LogP contribution in [0.3, 0.4) is 0 Å². The number of phenols is 3. The lowest BCUT2D eigenvalue weighted by molar-refractivity contribution is -0.0763. The van der Waals surface area contributed by atoms with Crippen LogP contribution in [0.4, 0.5) is 0 Å². The summed E-state index contributed by atoms with van der Waals surface area (Å²) in [5.41, 5.74) is -2.75. The molecule has 2 aromatic rings. The van der Waals surface area contributed by atoms with Crippen molar-refractivity contribution in [3.05, 3.63) is 51.6 Å². The lowest BCUT2D eigenvalue weighted by atomic mass is 9.73. The molecule has 2 aromatic carbocycles. The number of carbonyl (C=O) groups excluding carboxylic acids is 2. The summed E-state index contributed by atoms with van der Waals surface area (Å²) in [6.45, 7) is 1.39. The average molecular weight is 356 g/mol. The van der Waals surface area contributed by atoms with E-state index in [1.54, 1.807) is 0 Å². The van der Waals surface area contributed by atoms with Gasteiger partial charge in [-0.05, 0) is 25.8 Å². The van der Waals surface area contributed by atoms with Crippen LogP contribution in [0.15, 0.2) is 18.2 Å². The molecule has 2 aliphatic rings. The Balaban J connectivity index is 2.08.